The number of rotatable bonds is 5. The van der Waals surface area contributed by atoms with Gasteiger partial charge in [0.25, 0.3) is 0 Å². The minimum Gasteiger partial charge on any atom is -0.0631 e. The normalized spacial score (nSPS) is 11.5. The van der Waals surface area contributed by atoms with Gasteiger partial charge >= 0.3 is 0 Å². The zero-order valence-corrected chi connectivity index (χ0v) is 26.8. The summed E-state index contributed by atoms with van der Waals surface area (Å²) in [6.45, 7) is 0. The molecule has 0 bridgehead atoms. The second-order valence-corrected chi connectivity index (χ2v) is 13.6. The van der Waals surface area contributed by atoms with E-state index >= 15 is 0 Å². The highest BCUT2D eigenvalue weighted by Crippen LogP contribution is 2.46. The summed E-state index contributed by atoms with van der Waals surface area (Å²) in [5.41, 5.74) is 7.58. The van der Waals surface area contributed by atoms with Crippen LogP contribution in [0.3, 0.4) is 0 Å². The molecule has 9 aromatic carbocycles. The Bertz CT molecular complexity index is 2570. The van der Waals surface area contributed by atoms with E-state index in [0.717, 1.165) is 0 Å². The summed E-state index contributed by atoms with van der Waals surface area (Å²) >= 11 is 0. The molecule has 0 saturated heterocycles. The van der Waals surface area contributed by atoms with Gasteiger partial charge in [-0.15, -0.1) is 0 Å². The van der Waals surface area contributed by atoms with Gasteiger partial charge in [0.15, 0.2) is 0 Å². The molecule has 0 heterocycles. The Morgan fingerprint density at radius 2 is 0.809 bits per heavy atom. The fraction of sp³-hybridized carbons (Fsp3) is 0. The Balaban J connectivity index is 1.36. The summed E-state index contributed by atoms with van der Waals surface area (Å²) in [6, 6.07) is 66.9. The molecule has 0 nitrogen and oxygen atoms in total. The van der Waals surface area contributed by atoms with Crippen molar-refractivity contribution in [3.63, 3.8) is 0 Å². The van der Waals surface area contributed by atoms with E-state index < -0.39 is 0 Å². The summed E-state index contributed by atoms with van der Waals surface area (Å²) in [5, 5.41) is 13.0. The van der Waals surface area contributed by atoms with Crippen molar-refractivity contribution in [1.82, 2.24) is 0 Å². The van der Waals surface area contributed by atoms with Crippen molar-refractivity contribution in [2.75, 3.05) is 0 Å². The monoisotopic (exact) mass is 610 g/mol. The molecular formula is C46H30Si. The van der Waals surface area contributed by atoms with Gasteiger partial charge in [-0.25, -0.2) is 0 Å². The third-order valence-corrected chi connectivity index (χ3v) is 10.6. The maximum atomic E-state index is 2.46. The SMILES string of the molecule is c1ccc([Si]c2ccc3c(-c4cc5ccccc5c5ccccc45)c4ccccc4c(-c4ccc(-c5ccccc5)cc4)c3c2)cc1. The van der Waals surface area contributed by atoms with Gasteiger partial charge in [0, 0.05) is 0 Å². The summed E-state index contributed by atoms with van der Waals surface area (Å²) in [5.74, 6) is 0. The number of hydrogen-bond acceptors (Lipinski definition) is 0. The number of fused-ring (bicyclic) bond motifs is 5. The number of benzene rings is 9. The second kappa shape index (κ2) is 11.5. The first-order valence-corrected chi connectivity index (χ1v) is 17.2. The van der Waals surface area contributed by atoms with Crippen LogP contribution in [-0.4, -0.2) is 9.52 Å². The lowest BCUT2D eigenvalue weighted by atomic mass is 9.83. The molecule has 9 rings (SSSR count). The third kappa shape index (κ3) is 4.84. The first kappa shape index (κ1) is 27.5. The van der Waals surface area contributed by atoms with Gasteiger partial charge < -0.3 is 0 Å². The summed E-state index contributed by atoms with van der Waals surface area (Å²) in [6.07, 6.45) is 0. The highest BCUT2D eigenvalue weighted by molar-refractivity contribution is 6.67. The molecule has 0 spiro atoms. The van der Waals surface area contributed by atoms with Crippen molar-refractivity contribution in [3.8, 4) is 33.4 Å². The van der Waals surface area contributed by atoms with Gasteiger partial charge in [0.2, 0.25) is 0 Å². The fourth-order valence-electron chi connectivity index (χ4n) is 7.27. The van der Waals surface area contributed by atoms with Crippen molar-refractivity contribution in [2.24, 2.45) is 0 Å². The molecule has 0 aliphatic heterocycles. The summed E-state index contributed by atoms with van der Waals surface area (Å²) in [7, 11) is 0.585. The largest absolute Gasteiger partial charge is 0.121 e. The molecule has 1 heteroatoms. The zero-order valence-electron chi connectivity index (χ0n) is 25.8. The Hall–Kier alpha value is -5.76. The Morgan fingerprint density at radius 3 is 1.55 bits per heavy atom. The molecule has 218 valence electrons. The average molecular weight is 611 g/mol. The topological polar surface area (TPSA) is 0 Å². The minimum absolute atomic E-state index is 0.585. The van der Waals surface area contributed by atoms with Crippen LogP contribution in [0.5, 0.6) is 0 Å². The van der Waals surface area contributed by atoms with E-state index in [1.165, 1.54) is 86.8 Å². The van der Waals surface area contributed by atoms with Crippen LogP contribution in [0.25, 0.3) is 76.5 Å². The van der Waals surface area contributed by atoms with Gasteiger partial charge in [-0.3, -0.25) is 0 Å². The van der Waals surface area contributed by atoms with Crippen molar-refractivity contribution < 1.29 is 0 Å². The van der Waals surface area contributed by atoms with E-state index in [1.54, 1.807) is 0 Å². The van der Waals surface area contributed by atoms with E-state index in [2.05, 4.69) is 182 Å². The third-order valence-electron chi connectivity index (χ3n) is 9.40. The summed E-state index contributed by atoms with van der Waals surface area (Å²) in [4.78, 5) is 0. The molecule has 2 radical (unpaired) electrons. The molecular weight excluding hydrogens is 581 g/mol. The first-order chi connectivity index (χ1) is 23.3. The Morgan fingerprint density at radius 1 is 0.277 bits per heavy atom. The predicted octanol–water partition coefficient (Wildman–Crippen LogP) is 11.0. The quantitative estimate of drug-likeness (QED) is 0.103. The predicted molar refractivity (Wildman–Crippen MR) is 204 cm³/mol. The van der Waals surface area contributed by atoms with Crippen LogP contribution < -0.4 is 10.4 Å². The van der Waals surface area contributed by atoms with Gasteiger partial charge in [0.05, 0.1) is 0 Å². The van der Waals surface area contributed by atoms with E-state index in [9.17, 15) is 0 Å². The maximum absolute atomic E-state index is 2.46. The molecule has 0 aliphatic carbocycles. The van der Waals surface area contributed by atoms with Crippen molar-refractivity contribution >= 4 is 63.0 Å². The lowest BCUT2D eigenvalue weighted by Gasteiger charge is -2.20. The van der Waals surface area contributed by atoms with Gasteiger partial charge in [-0.2, -0.15) is 0 Å². The maximum Gasteiger partial charge on any atom is 0.121 e. The molecule has 9 aromatic rings. The van der Waals surface area contributed by atoms with Crippen molar-refractivity contribution in [3.05, 3.63) is 182 Å². The van der Waals surface area contributed by atoms with Gasteiger partial charge in [0.1, 0.15) is 9.52 Å². The molecule has 0 unspecified atom stereocenters. The fourth-order valence-corrected chi connectivity index (χ4v) is 8.34. The number of hydrogen-bond donors (Lipinski definition) is 0. The molecule has 0 aromatic heterocycles. The Labute approximate surface area is 277 Å². The average Bonchev–Trinajstić information content (AvgIpc) is 3.14. The van der Waals surface area contributed by atoms with Crippen LogP contribution in [0.4, 0.5) is 0 Å². The van der Waals surface area contributed by atoms with Gasteiger partial charge in [-0.1, -0.05) is 186 Å². The van der Waals surface area contributed by atoms with Crippen LogP contribution in [0.2, 0.25) is 0 Å². The van der Waals surface area contributed by atoms with Crippen LogP contribution in [0, 0.1) is 0 Å². The molecule has 0 saturated carbocycles. The molecule has 0 N–H and O–H groups in total. The summed E-state index contributed by atoms with van der Waals surface area (Å²) < 4.78 is 0. The van der Waals surface area contributed by atoms with Crippen LogP contribution in [0.1, 0.15) is 0 Å². The van der Waals surface area contributed by atoms with Crippen LogP contribution >= 0.6 is 0 Å². The zero-order chi connectivity index (χ0) is 31.2. The van der Waals surface area contributed by atoms with Crippen LogP contribution in [-0.2, 0) is 0 Å². The first-order valence-electron chi connectivity index (χ1n) is 16.2. The van der Waals surface area contributed by atoms with Gasteiger partial charge in [-0.05, 0) is 82.5 Å². The highest BCUT2D eigenvalue weighted by Gasteiger charge is 2.19. The Kier molecular flexibility index (Phi) is 6.77. The van der Waals surface area contributed by atoms with E-state index in [-0.39, 0.29) is 0 Å². The molecule has 0 aliphatic rings. The smallest absolute Gasteiger partial charge is 0.0631 e. The lowest BCUT2D eigenvalue weighted by molar-refractivity contribution is 1.61. The standard InChI is InChI=1S/C46H30Si/c1-3-13-31(14-4-1)32-23-25-33(26-24-32)45-40-21-11-12-22-41(40)46(42-28-27-36(30-44(42)45)47-35-16-5-2-6-17-35)43-29-34-15-7-8-18-37(34)38-19-9-10-20-39(38)43/h1-30H. The van der Waals surface area contributed by atoms with Crippen LogP contribution in [0.15, 0.2) is 182 Å². The minimum atomic E-state index is 0.585. The molecule has 47 heavy (non-hydrogen) atoms. The second-order valence-electron chi connectivity index (χ2n) is 12.2. The van der Waals surface area contributed by atoms with E-state index in [1.807, 2.05) is 0 Å². The van der Waals surface area contributed by atoms with Crippen molar-refractivity contribution in [1.29, 1.82) is 0 Å². The van der Waals surface area contributed by atoms with Crippen molar-refractivity contribution in [2.45, 2.75) is 0 Å². The lowest BCUT2D eigenvalue weighted by Crippen LogP contribution is -2.26. The molecule has 0 fully saturated rings. The van der Waals surface area contributed by atoms with E-state index in [4.69, 9.17) is 0 Å². The molecule has 0 atom stereocenters. The highest BCUT2D eigenvalue weighted by atomic mass is 28.2. The van der Waals surface area contributed by atoms with E-state index in [0.29, 0.717) is 9.52 Å². The molecule has 0 amide bonds.